The Morgan fingerprint density at radius 2 is 1.75 bits per heavy atom. The number of carbonyl (C=O) groups excluding carboxylic acids is 2. The van der Waals surface area contributed by atoms with E-state index in [4.69, 9.17) is 0 Å². The summed E-state index contributed by atoms with van der Waals surface area (Å²) in [5.41, 5.74) is 3.04. The van der Waals surface area contributed by atoms with Crippen molar-refractivity contribution in [1.82, 2.24) is 0 Å². The molecule has 3 nitrogen and oxygen atoms in total. The molecule has 0 saturated heterocycles. The van der Waals surface area contributed by atoms with Gasteiger partial charge in [-0.1, -0.05) is 42.5 Å². The molecule has 0 saturated carbocycles. The van der Waals surface area contributed by atoms with Crippen molar-refractivity contribution < 1.29 is 9.59 Å². The van der Waals surface area contributed by atoms with Crippen LogP contribution < -0.4 is 5.32 Å². The number of benzene rings is 2. The average molecular weight is 265 g/mol. The van der Waals surface area contributed by atoms with Crippen molar-refractivity contribution in [2.45, 2.75) is 19.3 Å². The maximum Gasteiger partial charge on any atom is 0.232 e. The summed E-state index contributed by atoms with van der Waals surface area (Å²) in [6, 6.07) is 15.0. The van der Waals surface area contributed by atoms with Crippen LogP contribution in [0, 0.1) is 6.92 Å². The molecule has 1 amide bonds. The van der Waals surface area contributed by atoms with Gasteiger partial charge >= 0.3 is 0 Å². The minimum Gasteiger partial charge on any atom is -0.325 e. The van der Waals surface area contributed by atoms with Crippen LogP contribution in [0.25, 0.3) is 0 Å². The van der Waals surface area contributed by atoms with Gasteiger partial charge in [-0.15, -0.1) is 0 Å². The standard InChI is InChI=1S/C17H15NO2/c1-11-6-5-9-14-16(11)15(19)10-13(17(20)18-14)12-7-3-2-4-8-12/h2-9,13H,10H2,1H3,(H,18,20)/t13-/m1/s1. The lowest BCUT2D eigenvalue weighted by molar-refractivity contribution is -0.117. The smallest absolute Gasteiger partial charge is 0.232 e. The molecule has 0 unspecified atom stereocenters. The van der Waals surface area contributed by atoms with Gasteiger partial charge in [0.25, 0.3) is 0 Å². The predicted octanol–water partition coefficient (Wildman–Crippen LogP) is 3.30. The summed E-state index contributed by atoms with van der Waals surface area (Å²) < 4.78 is 0. The van der Waals surface area contributed by atoms with E-state index in [1.165, 1.54) is 0 Å². The van der Waals surface area contributed by atoms with E-state index in [9.17, 15) is 9.59 Å². The van der Waals surface area contributed by atoms with Crippen LogP contribution in [0.3, 0.4) is 0 Å². The summed E-state index contributed by atoms with van der Waals surface area (Å²) in [5, 5.41) is 2.88. The molecule has 20 heavy (non-hydrogen) atoms. The fraction of sp³-hybridized carbons (Fsp3) is 0.176. The molecular weight excluding hydrogens is 250 g/mol. The second-order valence-electron chi connectivity index (χ2n) is 5.08. The first-order valence-corrected chi connectivity index (χ1v) is 6.65. The summed E-state index contributed by atoms with van der Waals surface area (Å²) in [4.78, 5) is 24.8. The van der Waals surface area contributed by atoms with Gasteiger partial charge in [-0.05, 0) is 24.1 Å². The van der Waals surface area contributed by atoms with Crippen molar-refractivity contribution in [2.24, 2.45) is 0 Å². The molecule has 0 spiro atoms. The number of hydrogen-bond donors (Lipinski definition) is 1. The van der Waals surface area contributed by atoms with Crippen molar-refractivity contribution in [1.29, 1.82) is 0 Å². The van der Waals surface area contributed by atoms with Crippen LogP contribution in [0.4, 0.5) is 5.69 Å². The van der Waals surface area contributed by atoms with E-state index < -0.39 is 5.92 Å². The second-order valence-corrected chi connectivity index (χ2v) is 5.08. The van der Waals surface area contributed by atoms with Crippen molar-refractivity contribution >= 4 is 17.4 Å². The number of Topliss-reactive ketones (excluding diaryl/α,β-unsaturated/α-hetero) is 1. The third-order valence-corrected chi connectivity index (χ3v) is 3.72. The van der Waals surface area contributed by atoms with Crippen LogP contribution in [0.15, 0.2) is 48.5 Å². The molecule has 0 aliphatic carbocycles. The SMILES string of the molecule is Cc1cccc2c1C(=O)C[C@H](c1ccccc1)C(=O)N2. The van der Waals surface area contributed by atoms with Gasteiger partial charge in [-0.25, -0.2) is 0 Å². The molecule has 0 aromatic heterocycles. The Labute approximate surface area is 117 Å². The zero-order valence-electron chi connectivity index (χ0n) is 11.2. The van der Waals surface area contributed by atoms with Crippen LogP contribution in [-0.2, 0) is 4.79 Å². The first-order valence-electron chi connectivity index (χ1n) is 6.65. The van der Waals surface area contributed by atoms with Gasteiger partial charge in [0.1, 0.15) is 0 Å². The zero-order chi connectivity index (χ0) is 14.1. The summed E-state index contributed by atoms with van der Waals surface area (Å²) in [7, 11) is 0. The van der Waals surface area contributed by atoms with Gasteiger partial charge in [0.15, 0.2) is 5.78 Å². The van der Waals surface area contributed by atoms with E-state index >= 15 is 0 Å². The van der Waals surface area contributed by atoms with E-state index in [1.807, 2.05) is 49.4 Å². The molecule has 0 bridgehead atoms. The molecule has 3 rings (SSSR count). The Morgan fingerprint density at radius 1 is 1.00 bits per heavy atom. The number of carbonyl (C=O) groups is 2. The lowest BCUT2D eigenvalue weighted by atomic mass is 9.91. The molecule has 3 heteroatoms. The number of amides is 1. The molecule has 1 atom stereocenters. The molecular formula is C17H15NO2. The Kier molecular flexibility index (Phi) is 3.11. The summed E-state index contributed by atoms with van der Waals surface area (Å²) in [5.74, 6) is -0.519. The van der Waals surface area contributed by atoms with Crippen LogP contribution in [0.5, 0.6) is 0 Å². The lowest BCUT2D eigenvalue weighted by Gasteiger charge is -2.12. The van der Waals surface area contributed by atoms with Gasteiger partial charge in [-0.3, -0.25) is 9.59 Å². The first kappa shape index (κ1) is 12.6. The van der Waals surface area contributed by atoms with Crippen LogP contribution in [0.2, 0.25) is 0 Å². The third-order valence-electron chi connectivity index (χ3n) is 3.72. The maximum atomic E-state index is 12.5. The minimum atomic E-state index is -0.421. The molecule has 1 N–H and O–H groups in total. The van der Waals surface area contributed by atoms with Crippen LogP contribution in [-0.4, -0.2) is 11.7 Å². The Hall–Kier alpha value is -2.42. The monoisotopic (exact) mass is 265 g/mol. The van der Waals surface area contributed by atoms with Crippen LogP contribution in [0.1, 0.15) is 33.8 Å². The number of ketones is 1. The molecule has 2 aromatic carbocycles. The number of rotatable bonds is 1. The van der Waals surface area contributed by atoms with E-state index in [-0.39, 0.29) is 18.1 Å². The first-order chi connectivity index (χ1) is 9.66. The van der Waals surface area contributed by atoms with Crippen molar-refractivity contribution in [3.05, 3.63) is 65.2 Å². The zero-order valence-corrected chi connectivity index (χ0v) is 11.2. The Balaban J connectivity index is 2.04. The molecule has 1 heterocycles. The highest BCUT2D eigenvalue weighted by atomic mass is 16.2. The summed E-state index contributed by atoms with van der Waals surface area (Å²) in [6.07, 6.45) is 0.216. The summed E-state index contributed by atoms with van der Waals surface area (Å²) >= 11 is 0. The fourth-order valence-corrected chi connectivity index (χ4v) is 2.70. The van der Waals surface area contributed by atoms with Crippen molar-refractivity contribution in [2.75, 3.05) is 5.32 Å². The van der Waals surface area contributed by atoms with Crippen molar-refractivity contribution in [3.8, 4) is 0 Å². The van der Waals surface area contributed by atoms with Gasteiger partial charge < -0.3 is 5.32 Å². The van der Waals surface area contributed by atoms with Gasteiger partial charge in [-0.2, -0.15) is 0 Å². The number of fused-ring (bicyclic) bond motifs is 1. The molecule has 0 fully saturated rings. The number of hydrogen-bond acceptors (Lipinski definition) is 2. The molecule has 1 aliphatic rings. The van der Waals surface area contributed by atoms with Gasteiger partial charge in [0.2, 0.25) is 5.91 Å². The topological polar surface area (TPSA) is 46.2 Å². The molecule has 100 valence electrons. The normalized spacial score (nSPS) is 18.1. The maximum absolute atomic E-state index is 12.5. The van der Waals surface area contributed by atoms with E-state index in [0.29, 0.717) is 11.3 Å². The predicted molar refractivity (Wildman–Crippen MR) is 77.9 cm³/mol. The highest BCUT2D eigenvalue weighted by Crippen LogP contribution is 2.31. The van der Waals surface area contributed by atoms with Crippen molar-refractivity contribution in [3.63, 3.8) is 0 Å². The minimum absolute atomic E-state index is 0.0188. The second kappa shape index (κ2) is 4.93. The largest absolute Gasteiger partial charge is 0.325 e. The highest BCUT2D eigenvalue weighted by Gasteiger charge is 2.30. The molecule has 1 aliphatic heterocycles. The van der Waals surface area contributed by atoms with E-state index in [2.05, 4.69) is 5.32 Å². The quantitative estimate of drug-likeness (QED) is 0.859. The Morgan fingerprint density at radius 3 is 2.50 bits per heavy atom. The number of nitrogens with one attached hydrogen (secondary N) is 1. The average Bonchev–Trinajstić information content (AvgIpc) is 2.57. The van der Waals surface area contributed by atoms with Gasteiger partial charge in [0.05, 0.1) is 11.6 Å². The molecule has 2 aromatic rings. The van der Waals surface area contributed by atoms with Gasteiger partial charge in [0, 0.05) is 12.0 Å². The lowest BCUT2D eigenvalue weighted by Crippen LogP contribution is -2.20. The Bertz CT molecular complexity index is 677. The third kappa shape index (κ3) is 2.11. The number of anilines is 1. The van der Waals surface area contributed by atoms with E-state index in [0.717, 1.165) is 11.1 Å². The van der Waals surface area contributed by atoms with Crippen LogP contribution >= 0.6 is 0 Å². The summed E-state index contributed by atoms with van der Waals surface area (Å²) in [6.45, 7) is 1.89. The highest BCUT2D eigenvalue weighted by molar-refractivity contribution is 6.12. The fourth-order valence-electron chi connectivity index (χ4n) is 2.70. The van der Waals surface area contributed by atoms with E-state index in [1.54, 1.807) is 6.07 Å². The molecule has 0 radical (unpaired) electrons. The number of aryl methyl sites for hydroxylation is 1.